The van der Waals surface area contributed by atoms with Crippen molar-refractivity contribution in [3.63, 3.8) is 0 Å². The number of para-hydroxylation sites is 1. The number of hydrogen-bond donors (Lipinski definition) is 1. The zero-order valence-corrected chi connectivity index (χ0v) is 21.0. The molecule has 0 bridgehead atoms. The first-order chi connectivity index (χ1) is 16.8. The largest absolute Gasteiger partial charge is 0.379 e. The molecule has 1 amide bonds. The molecule has 1 N–H and O–H groups in total. The van der Waals surface area contributed by atoms with Crippen molar-refractivity contribution in [3.8, 4) is 0 Å². The van der Waals surface area contributed by atoms with E-state index in [9.17, 15) is 21.6 Å². The number of nitrogens with zero attached hydrogens (tertiary/aromatic N) is 3. The van der Waals surface area contributed by atoms with Crippen LogP contribution in [0.1, 0.15) is 10.4 Å². The van der Waals surface area contributed by atoms with Gasteiger partial charge >= 0.3 is 0 Å². The SMILES string of the molecule is O=C(NCCS(=O)(=O)N1CCN(c2ccccc2)CC1)c1ccc(S(=O)(=O)N2CCOCC2)cc1. The standard InChI is InChI=1S/C23H30N4O6S2/c28-23(20-6-8-22(9-7-20)35(31,32)27-15-17-33-18-16-27)24-10-19-34(29,30)26-13-11-25(12-14-26)21-4-2-1-3-5-21/h1-9H,10-19H2,(H,24,28). The van der Waals surface area contributed by atoms with Gasteiger partial charge in [0, 0.05) is 57.1 Å². The molecule has 2 aliphatic heterocycles. The molecule has 2 aromatic rings. The molecule has 2 fully saturated rings. The fraction of sp³-hybridized carbons (Fsp3) is 0.435. The minimum atomic E-state index is -3.64. The molecule has 2 aromatic carbocycles. The predicted octanol–water partition coefficient (Wildman–Crippen LogP) is 0.589. The van der Waals surface area contributed by atoms with E-state index in [1.807, 2.05) is 30.3 Å². The molecule has 10 nitrogen and oxygen atoms in total. The first-order valence-electron chi connectivity index (χ1n) is 11.5. The molecule has 0 atom stereocenters. The van der Waals surface area contributed by atoms with Crippen LogP contribution in [0.15, 0.2) is 59.5 Å². The Morgan fingerprint density at radius 3 is 2.06 bits per heavy atom. The van der Waals surface area contributed by atoms with Crippen molar-refractivity contribution >= 4 is 31.6 Å². The van der Waals surface area contributed by atoms with Gasteiger partial charge in [0.25, 0.3) is 5.91 Å². The van der Waals surface area contributed by atoms with E-state index in [0.29, 0.717) is 52.5 Å². The second-order valence-corrected chi connectivity index (χ2v) is 12.4. The molecule has 35 heavy (non-hydrogen) atoms. The van der Waals surface area contributed by atoms with Crippen LogP contribution >= 0.6 is 0 Å². The van der Waals surface area contributed by atoms with E-state index in [0.717, 1.165) is 5.69 Å². The normalized spacial score (nSPS) is 18.3. The number of hydrogen-bond acceptors (Lipinski definition) is 7. The Balaban J connectivity index is 1.26. The summed E-state index contributed by atoms with van der Waals surface area (Å²) in [4.78, 5) is 14.7. The Labute approximate surface area is 206 Å². The van der Waals surface area contributed by atoms with Crippen LogP contribution in [0.25, 0.3) is 0 Å². The van der Waals surface area contributed by atoms with E-state index in [4.69, 9.17) is 4.74 Å². The number of ether oxygens (including phenoxy) is 1. The summed E-state index contributed by atoms with van der Waals surface area (Å²) in [6.07, 6.45) is 0. The van der Waals surface area contributed by atoms with Crippen molar-refractivity contribution in [2.75, 3.05) is 69.7 Å². The van der Waals surface area contributed by atoms with Crippen LogP contribution in [0.3, 0.4) is 0 Å². The Bertz CT molecular complexity index is 1210. The number of rotatable bonds is 8. The van der Waals surface area contributed by atoms with Gasteiger partial charge in [0.1, 0.15) is 0 Å². The second-order valence-electron chi connectivity index (χ2n) is 8.33. The lowest BCUT2D eigenvalue weighted by Crippen LogP contribution is -2.50. The molecular formula is C23H30N4O6S2. The number of anilines is 1. The molecule has 12 heteroatoms. The molecule has 2 aliphatic rings. The molecule has 0 radical (unpaired) electrons. The van der Waals surface area contributed by atoms with Crippen molar-refractivity contribution in [1.29, 1.82) is 0 Å². The van der Waals surface area contributed by atoms with Gasteiger partial charge in [-0.25, -0.2) is 16.8 Å². The van der Waals surface area contributed by atoms with Gasteiger partial charge in [-0.05, 0) is 36.4 Å². The van der Waals surface area contributed by atoms with Gasteiger partial charge < -0.3 is 15.0 Å². The Morgan fingerprint density at radius 2 is 1.43 bits per heavy atom. The lowest BCUT2D eigenvalue weighted by atomic mass is 10.2. The fourth-order valence-corrected chi connectivity index (χ4v) is 6.85. The summed E-state index contributed by atoms with van der Waals surface area (Å²) in [5, 5.41) is 2.62. The Hall–Kier alpha value is -2.51. The third-order valence-electron chi connectivity index (χ3n) is 6.12. The summed E-state index contributed by atoms with van der Waals surface area (Å²) in [7, 11) is -7.15. The number of morpholine rings is 1. The van der Waals surface area contributed by atoms with Crippen LogP contribution in [0.4, 0.5) is 5.69 Å². The van der Waals surface area contributed by atoms with Crippen LogP contribution in [0.5, 0.6) is 0 Å². The van der Waals surface area contributed by atoms with E-state index in [-0.39, 0.29) is 22.8 Å². The molecule has 4 rings (SSSR count). The van der Waals surface area contributed by atoms with Gasteiger partial charge in [-0.1, -0.05) is 18.2 Å². The number of carbonyl (C=O) groups excluding carboxylic acids is 1. The zero-order valence-electron chi connectivity index (χ0n) is 19.4. The van der Waals surface area contributed by atoms with Crippen LogP contribution in [-0.2, 0) is 24.8 Å². The maximum absolute atomic E-state index is 12.7. The van der Waals surface area contributed by atoms with Gasteiger partial charge in [-0.3, -0.25) is 4.79 Å². The molecule has 2 heterocycles. The summed E-state index contributed by atoms with van der Waals surface area (Å²) in [6, 6.07) is 15.5. The highest BCUT2D eigenvalue weighted by atomic mass is 32.2. The van der Waals surface area contributed by atoms with Crippen molar-refractivity contribution in [2.45, 2.75) is 4.90 Å². The van der Waals surface area contributed by atoms with E-state index in [1.165, 1.54) is 32.9 Å². The number of piperazine rings is 1. The van der Waals surface area contributed by atoms with Crippen molar-refractivity contribution in [2.24, 2.45) is 0 Å². The summed E-state index contributed by atoms with van der Waals surface area (Å²) in [5.41, 5.74) is 1.33. The maximum atomic E-state index is 12.7. The number of nitrogens with one attached hydrogen (secondary N) is 1. The average molecular weight is 523 g/mol. The molecule has 190 valence electrons. The summed E-state index contributed by atoms with van der Waals surface area (Å²) in [6.45, 7) is 3.25. The first-order valence-corrected chi connectivity index (χ1v) is 14.6. The van der Waals surface area contributed by atoms with E-state index in [2.05, 4.69) is 10.2 Å². The quantitative estimate of drug-likeness (QED) is 0.539. The predicted molar refractivity (Wildman–Crippen MR) is 132 cm³/mol. The van der Waals surface area contributed by atoms with Crippen LogP contribution in [0.2, 0.25) is 0 Å². The Kier molecular flexibility index (Phi) is 8.07. The third-order valence-corrected chi connectivity index (χ3v) is 9.91. The van der Waals surface area contributed by atoms with Gasteiger partial charge in [0.15, 0.2) is 0 Å². The fourth-order valence-electron chi connectivity index (χ4n) is 4.10. The second kappa shape index (κ2) is 11.0. The lowest BCUT2D eigenvalue weighted by Gasteiger charge is -2.35. The van der Waals surface area contributed by atoms with E-state index in [1.54, 1.807) is 0 Å². The van der Waals surface area contributed by atoms with E-state index >= 15 is 0 Å². The highest BCUT2D eigenvalue weighted by molar-refractivity contribution is 7.89. The Morgan fingerprint density at radius 1 is 0.800 bits per heavy atom. The van der Waals surface area contributed by atoms with Crippen LogP contribution in [-0.4, -0.2) is 96.1 Å². The molecule has 0 aliphatic carbocycles. The summed E-state index contributed by atoms with van der Waals surface area (Å²) >= 11 is 0. The zero-order chi connectivity index (χ0) is 24.9. The summed E-state index contributed by atoms with van der Waals surface area (Å²) in [5.74, 6) is -0.655. The van der Waals surface area contributed by atoms with Gasteiger partial charge in [0.2, 0.25) is 20.0 Å². The minimum Gasteiger partial charge on any atom is -0.379 e. The monoisotopic (exact) mass is 522 g/mol. The molecule has 0 aromatic heterocycles. The maximum Gasteiger partial charge on any atom is 0.251 e. The van der Waals surface area contributed by atoms with E-state index < -0.39 is 26.0 Å². The molecule has 0 unspecified atom stereocenters. The number of sulfonamides is 2. The molecule has 2 saturated heterocycles. The minimum absolute atomic E-state index is 0.0338. The smallest absolute Gasteiger partial charge is 0.251 e. The van der Waals surface area contributed by atoms with Gasteiger partial charge in [-0.15, -0.1) is 0 Å². The van der Waals surface area contributed by atoms with Crippen molar-refractivity contribution < 1.29 is 26.4 Å². The molecule has 0 saturated carbocycles. The van der Waals surface area contributed by atoms with Crippen molar-refractivity contribution in [1.82, 2.24) is 13.9 Å². The highest BCUT2D eigenvalue weighted by Crippen LogP contribution is 2.19. The average Bonchev–Trinajstić information content (AvgIpc) is 2.89. The molecule has 0 spiro atoms. The number of amides is 1. The summed E-state index contributed by atoms with van der Waals surface area (Å²) < 4.78 is 58.9. The number of carbonyl (C=O) groups is 1. The third kappa shape index (κ3) is 6.19. The van der Waals surface area contributed by atoms with Crippen LogP contribution < -0.4 is 10.2 Å². The van der Waals surface area contributed by atoms with Gasteiger partial charge in [-0.2, -0.15) is 8.61 Å². The number of benzene rings is 2. The van der Waals surface area contributed by atoms with Crippen molar-refractivity contribution in [3.05, 3.63) is 60.2 Å². The molecular weight excluding hydrogens is 492 g/mol. The lowest BCUT2D eigenvalue weighted by molar-refractivity contribution is 0.0730. The topological polar surface area (TPSA) is 116 Å². The highest BCUT2D eigenvalue weighted by Gasteiger charge is 2.28. The first kappa shape index (κ1) is 25.6. The van der Waals surface area contributed by atoms with Crippen LogP contribution in [0, 0.1) is 0 Å². The van der Waals surface area contributed by atoms with Gasteiger partial charge in [0.05, 0.1) is 23.9 Å².